The highest BCUT2D eigenvalue weighted by atomic mass is 35.5. The van der Waals surface area contributed by atoms with Gasteiger partial charge in [0.2, 0.25) is 0 Å². The lowest BCUT2D eigenvalue weighted by molar-refractivity contribution is -0.0894. The van der Waals surface area contributed by atoms with E-state index in [0.29, 0.717) is 6.42 Å². The maximum absolute atomic E-state index is 12.4. The fourth-order valence-electron chi connectivity index (χ4n) is 1.21. The molecule has 0 fully saturated rings. The number of allylic oxidation sites excluding steroid dienone is 4. The third-order valence-electron chi connectivity index (χ3n) is 1.87. The highest BCUT2D eigenvalue weighted by molar-refractivity contribution is 6.30. The molecule has 0 aromatic carbocycles. The summed E-state index contributed by atoms with van der Waals surface area (Å²) in [5.41, 5.74) is -0.858. The van der Waals surface area contributed by atoms with E-state index in [9.17, 15) is 13.2 Å². The summed E-state index contributed by atoms with van der Waals surface area (Å²) >= 11 is 5.48. The maximum Gasteiger partial charge on any atom is 0.417 e. The summed E-state index contributed by atoms with van der Waals surface area (Å²) in [6.07, 6.45) is -3.11. The van der Waals surface area contributed by atoms with Crippen molar-refractivity contribution in [3.05, 3.63) is 22.4 Å². The molecule has 1 N–H and O–H groups in total. The first-order valence-corrected chi connectivity index (χ1v) is 4.73. The first kappa shape index (κ1) is 12.4. The Kier molecular flexibility index (Phi) is 4.04. The van der Waals surface area contributed by atoms with Gasteiger partial charge in [-0.25, -0.2) is 0 Å². The summed E-state index contributed by atoms with van der Waals surface area (Å²) in [6, 6.07) is 0. The number of aliphatic hydroxyl groups is 1. The van der Waals surface area contributed by atoms with Crippen LogP contribution in [0.15, 0.2) is 22.4 Å². The molecule has 0 saturated heterocycles. The molecule has 0 unspecified atom stereocenters. The third kappa shape index (κ3) is 3.43. The van der Waals surface area contributed by atoms with E-state index in [1.807, 2.05) is 0 Å². The van der Waals surface area contributed by atoms with Gasteiger partial charge in [0.1, 0.15) is 6.61 Å². The first-order chi connectivity index (χ1) is 6.95. The van der Waals surface area contributed by atoms with Crippen LogP contribution in [0.5, 0.6) is 0 Å². The Labute approximate surface area is 90.0 Å². The van der Waals surface area contributed by atoms with E-state index in [0.717, 1.165) is 6.08 Å². The van der Waals surface area contributed by atoms with Crippen molar-refractivity contribution in [1.82, 2.24) is 0 Å². The summed E-state index contributed by atoms with van der Waals surface area (Å²) in [4.78, 5) is 0. The minimum absolute atomic E-state index is 0.00537. The molecular weight excluding hydrogens is 233 g/mol. The standard InChI is InChI=1S/C9H10ClF3O2/c10-8-2-1-6(15-4-3-14)5-7(8)9(11,12)13/h5,14H,1-4H2. The van der Waals surface area contributed by atoms with Crippen LogP contribution >= 0.6 is 11.6 Å². The normalized spacial score (nSPS) is 17.8. The average molecular weight is 243 g/mol. The molecule has 15 heavy (non-hydrogen) atoms. The number of halogens is 4. The third-order valence-corrected chi connectivity index (χ3v) is 2.27. The van der Waals surface area contributed by atoms with Crippen LogP contribution in [0.3, 0.4) is 0 Å². The van der Waals surface area contributed by atoms with Crippen LogP contribution in [0.2, 0.25) is 0 Å². The second kappa shape index (κ2) is 4.90. The summed E-state index contributed by atoms with van der Waals surface area (Å²) < 4.78 is 42.1. The molecule has 86 valence electrons. The molecule has 0 aromatic heterocycles. The van der Waals surface area contributed by atoms with Crippen molar-refractivity contribution >= 4 is 11.6 Å². The Hall–Kier alpha value is -0.680. The van der Waals surface area contributed by atoms with Gasteiger partial charge in [-0.2, -0.15) is 13.2 Å². The van der Waals surface area contributed by atoms with Crippen LogP contribution in [0, 0.1) is 0 Å². The van der Waals surface area contributed by atoms with Crippen molar-refractivity contribution in [2.24, 2.45) is 0 Å². The summed E-state index contributed by atoms with van der Waals surface area (Å²) in [5, 5.41) is 8.27. The van der Waals surface area contributed by atoms with Crippen LogP contribution in [0.1, 0.15) is 12.8 Å². The summed E-state index contributed by atoms with van der Waals surface area (Å²) in [7, 11) is 0. The molecule has 2 nitrogen and oxygen atoms in total. The van der Waals surface area contributed by atoms with Crippen LogP contribution in [0.25, 0.3) is 0 Å². The quantitative estimate of drug-likeness (QED) is 0.825. The van der Waals surface area contributed by atoms with Crippen molar-refractivity contribution in [3.8, 4) is 0 Å². The Morgan fingerprint density at radius 2 is 2.07 bits per heavy atom. The lowest BCUT2D eigenvalue weighted by atomic mass is 10.1. The lowest BCUT2D eigenvalue weighted by Crippen LogP contribution is -2.15. The highest BCUT2D eigenvalue weighted by Crippen LogP contribution is 2.37. The van der Waals surface area contributed by atoms with Gasteiger partial charge in [0.25, 0.3) is 0 Å². The minimum Gasteiger partial charge on any atom is -0.496 e. The van der Waals surface area contributed by atoms with E-state index in [2.05, 4.69) is 0 Å². The first-order valence-electron chi connectivity index (χ1n) is 4.35. The Morgan fingerprint density at radius 3 is 2.60 bits per heavy atom. The van der Waals surface area contributed by atoms with Gasteiger partial charge in [-0.3, -0.25) is 0 Å². The van der Waals surface area contributed by atoms with E-state index in [1.165, 1.54) is 0 Å². The number of ether oxygens (including phenoxy) is 1. The zero-order chi connectivity index (χ0) is 11.5. The number of alkyl halides is 3. The number of hydrogen-bond acceptors (Lipinski definition) is 2. The van der Waals surface area contributed by atoms with Crippen molar-refractivity contribution in [2.75, 3.05) is 13.2 Å². The second-order valence-corrected chi connectivity index (χ2v) is 3.46. The van der Waals surface area contributed by atoms with Crippen LogP contribution in [0.4, 0.5) is 13.2 Å². The molecule has 0 amide bonds. The van der Waals surface area contributed by atoms with Gasteiger partial charge in [-0.05, 0) is 12.5 Å². The fraction of sp³-hybridized carbons (Fsp3) is 0.556. The molecule has 0 saturated carbocycles. The smallest absolute Gasteiger partial charge is 0.417 e. The van der Waals surface area contributed by atoms with Gasteiger partial charge >= 0.3 is 6.18 Å². The average Bonchev–Trinajstić information content (AvgIpc) is 2.15. The van der Waals surface area contributed by atoms with Crippen molar-refractivity contribution in [3.63, 3.8) is 0 Å². The monoisotopic (exact) mass is 242 g/mol. The zero-order valence-electron chi connectivity index (χ0n) is 7.77. The predicted octanol–water partition coefficient (Wildman–Crippen LogP) is 2.73. The number of aliphatic hydroxyl groups excluding tert-OH is 1. The molecule has 0 bridgehead atoms. The molecule has 1 rings (SSSR count). The minimum atomic E-state index is -4.45. The van der Waals surface area contributed by atoms with Crippen LogP contribution in [-0.4, -0.2) is 24.5 Å². The zero-order valence-corrected chi connectivity index (χ0v) is 8.53. The molecule has 0 aromatic rings. The molecule has 0 atom stereocenters. The molecule has 0 heterocycles. The molecule has 1 aliphatic rings. The maximum atomic E-state index is 12.4. The topological polar surface area (TPSA) is 29.5 Å². The molecule has 0 radical (unpaired) electrons. The van der Waals surface area contributed by atoms with Crippen LogP contribution in [-0.2, 0) is 4.74 Å². The van der Waals surface area contributed by atoms with E-state index in [-0.39, 0.29) is 30.4 Å². The molecule has 0 spiro atoms. The van der Waals surface area contributed by atoms with Gasteiger partial charge < -0.3 is 9.84 Å². The fourth-order valence-corrected chi connectivity index (χ4v) is 1.46. The molecule has 0 aliphatic heterocycles. The number of hydrogen-bond donors (Lipinski definition) is 1. The van der Waals surface area contributed by atoms with Crippen molar-refractivity contribution < 1.29 is 23.0 Å². The van der Waals surface area contributed by atoms with Crippen molar-refractivity contribution in [1.29, 1.82) is 0 Å². The van der Waals surface area contributed by atoms with E-state index in [1.54, 1.807) is 0 Å². The van der Waals surface area contributed by atoms with E-state index < -0.39 is 11.7 Å². The molecule has 6 heteroatoms. The molecule has 1 aliphatic carbocycles. The van der Waals surface area contributed by atoms with Gasteiger partial charge in [0, 0.05) is 11.5 Å². The SMILES string of the molecule is OCCOC1=CC(C(F)(F)F)=C(Cl)CC1. The van der Waals surface area contributed by atoms with E-state index >= 15 is 0 Å². The van der Waals surface area contributed by atoms with Gasteiger partial charge in [-0.15, -0.1) is 0 Å². The van der Waals surface area contributed by atoms with Gasteiger partial charge in [0.15, 0.2) is 0 Å². The van der Waals surface area contributed by atoms with Crippen molar-refractivity contribution in [2.45, 2.75) is 19.0 Å². The second-order valence-electron chi connectivity index (χ2n) is 3.00. The number of rotatable bonds is 3. The Balaban J connectivity index is 2.80. The Morgan fingerprint density at radius 1 is 1.40 bits per heavy atom. The van der Waals surface area contributed by atoms with Gasteiger partial charge in [0.05, 0.1) is 17.9 Å². The summed E-state index contributed by atoms with van der Waals surface area (Å²) in [5.74, 6) is 0.209. The van der Waals surface area contributed by atoms with Crippen LogP contribution < -0.4 is 0 Å². The summed E-state index contributed by atoms with van der Waals surface area (Å²) in [6.45, 7) is -0.231. The predicted molar refractivity (Wildman–Crippen MR) is 49.3 cm³/mol. The Bertz CT molecular complexity index is 294. The van der Waals surface area contributed by atoms with Gasteiger partial charge in [-0.1, -0.05) is 11.6 Å². The highest BCUT2D eigenvalue weighted by Gasteiger charge is 2.36. The van der Waals surface area contributed by atoms with E-state index in [4.69, 9.17) is 21.4 Å². The molecular formula is C9H10ClF3O2. The largest absolute Gasteiger partial charge is 0.496 e. The lowest BCUT2D eigenvalue weighted by Gasteiger charge is -2.18.